The van der Waals surface area contributed by atoms with Crippen LogP contribution in [0.4, 0.5) is 5.69 Å². The number of carbonyl (C=O) groups excluding carboxylic acids is 1. The van der Waals surface area contributed by atoms with E-state index in [2.05, 4.69) is 10.6 Å². The Balaban J connectivity index is 1.79. The van der Waals surface area contributed by atoms with Crippen molar-refractivity contribution < 1.29 is 19.0 Å². The summed E-state index contributed by atoms with van der Waals surface area (Å²) in [4.78, 5) is 12.0. The van der Waals surface area contributed by atoms with Crippen LogP contribution in [0.3, 0.4) is 0 Å². The molecule has 1 amide bonds. The molecule has 2 rings (SSSR count). The quantitative estimate of drug-likeness (QED) is 0.732. The Morgan fingerprint density at radius 1 is 0.920 bits per heavy atom. The first-order chi connectivity index (χ1) is 12.2. The fourth-order valence-electron chi connectivity index (χ4n) is 2.38. The minimum Gasteiger partial charge on any atom is -0.495 e. The summed E-state index contributed by atoms with van der Waals surface area (Å²) in [7, 11) is 4.80. The highest BCUT2D eigenvalue weighted by Crippen LogP contribution is 2.27. The van der Waals surface area contributed by atoms with Gasteiger partial charge in [0.25, 0.3) is 0 Å². The fourth-order valence-corrected chi connectivity index (χ4v) is 2.38. The molecule has 0 saturated heterocycles. The Morgan fingerprint density at radius 2 is 1.64 bits per heavy atom. The van der Waals surface area contributed by atoms with E-state index in [-0.39, 0.29) is 5.91 Å². The van der Waals surface area contributed by atoms with Crippen molar-refractivity contribution in [1.82, 2.24) is 5.32 Å². The van der Waals surface area contributed by atoms with Gasteiger partial charge < -0.3 is 24.8 Å². The lowest BCUT2D eigenvalue weighted by atomic mass is 10.2. The average molecular weight is 344 g/mol. The van der Waals surface area contributed by atoms with E-state index in [1.807, 2.05) is 42.5 Å². The normalized spacial score (nSPS) is 10.0. The van der Waals surface area contributed by atoms with Crippen molar-refractivity contribution in [3.8, 4) is 17.2 Å². The summed E-state index contributed by atoms with van der Waals surface area (Å²) < 4.78 is 15.7. The molecule has 0 aliphatic rings. The van der Waals surface area contributed by atoms with Gasteiger partial charge in [-0.25, -0.2) is 0 Å². The highest BCUT2D eigenvalue weighted by atomic mass is 16.5. The van der Waals surface area contributed by atoms with Crippen molar-refractivity contribution in [2.24, 2.45) is 0 Å². The van der Waals surface area contributed by atoms with E-state index in [0.29, 0.717) is 31.0 Å². The summed E-state index contributed by atoms with van der Waals surface area (Å²) in [5, 5.41) is 6.10. The lowest BCUT2D eigenvalue weighted by molar-refractivity contribution is -0.121. The Morgan fingerprint density at radius 3 is 2.36 bits per heavy atom. The van der Waals surface area contributed by atoms with Gasteiger partial charge in [-0.3, -0.25) is 4.79 Å². The molecule has 0 atom stereocenters. The molecule has 0 spiro atoms. The van der Waals surface area contributed by atoms with E-state index in [9.17, 15) is 4.79 Å². The van der Waals surface area contributed by atoms with Gasteiger partial charge >= 0.3 is 0 Å². The molecular weight excluding hydrogens is 320 g/mol. The number of carbonyl (C=O) groups is 1. The second-order valence-electron chi connectivity index (χ2n) is 5.34. The standard InChI is InChI=1S/C19H24N2O4/c1-23-16-7-5-4-6-15(16)20-11-10-19(22)21-13-14-8-9-17(24-2)18(12-14)25-3/h4-9,12,20H,10-11,13H2,1-3H3,(H,21,22). The second-order valence-corrected chi connectivity index (χ2v) is 5.34. The zero-order chi connectivity index (χ0) is 18.1. The summed E-state index contributed by atoms with van der Waals surface area (Å²) in [6.45, 7) is 0.964. The van der Waals surface area contributed by atoms with E-state index < -0.39 is 0 Å². The molecule has 0 radical (unpaired) electrons. The molecule has 0 unspecified atom stereocenters. The summed E-state index contributed by atoms with van der Waals surface area (Å²) in [5.74, 6) is 2.04. The van der Waals surface area contributed by atoms with E-state index in [4.69, 9.17) is 14.2 Å². The van der Waals surface area contributed by atoms with Crippen molar-refractivity contribution in [2.75, 3.05) is 33.2 Å². The first-order valence-corrected chi connectivity index (χ1v) is 8.02. The third-order valence-corrected chi connectivity index (χ3v) is 3.71. The predicted octanol–water partition coefficient (Wildman–Crippen LogP) is 2.83. The van der Waals surface area contributed by atoms with Gasteiger partial charge in [0.2, 0.25) is 5.91 Å². The van der Waals surface area contributed by atoms with Crippen molar-refractivity contribution in [3.05, 3.63) is 48.0 Å². The molecule has 0 fully saturated rings. The van der Waals surface area contributed by atoms with Crippen molar-refractivity contribution >= 4 is 11.6 Å². The number of hydrogen-bond acceptors (Lipinski definition) is 5. The summed E-state index contributed by atoms with van der Waals surface area (Å²) in [6.07, 6.45) is 0.366. The number of rotatable bonds is 9. The molecule has 0 heterocycles. The number of ether oxygens (including phenoxy) is 3. The van der Waals surface area contributed by atoms with E-state index >= 15 is 0 Å². The molecule has 0 bridgehead atoms. The third kappa shape index (κ3) is 5.31. The van der Waals surface area contributed by atoms with Crippen LogP contribution in [0.1, 0.15) is 12.0 Å². The molecule has 6 heteroatoms. The smallest absolute Gasteiger partial charge is 0.222 e. The molecule has 6 nitrogen and oxygen atoms in total. The number of hydrogen-bond donors (Lipinski definition) is 2. The monoisotopic (exact) mass is 344 g/mol. The maximum Gasteiger partial charge on any atom is 0.222 e. The number of benzene rings is 2. The molecule has 0 aliphatic heterocycles. The maximum atomic E-state index is 12.0. The van der Waals surface area contributed by atoms with Crippen molar-refractivity contribution in [1.29, 1.82) is 0 Å². The maximum absolute atomic E-state index is 12.0. The van der Waals surface area contributed by atoms with E-state index in [1.165, 1.54) is 0 Å². The van der Waals surface area contributed by atoms with Crippen LogP contribution < -0.4 is 24.8 Å². The molecule has 134 valence electrons. The van der Waals surface area contributed by atoms with Gasteiger partial charge in [-0.1, -0.05) is 18.2 Å². The highest BCUT2D eigenvalue weighted by Gasteiger charge is 2.07. The van der Waals surface area contributed by atoms with Gasteiger partial charge in [-0.05, 0) is 29.8 Å². The molecule has 25 heavy (non-hydrogen) atoms. The molecular formula is C19H24N2O4. The number of methoxy groups -OCH3 is 3. The van der Waals surface area contributed by atoms with Gasteiger partial charge in [-0.2, -0.15) is 0 Å². The Bertz CT molecular complexity index is 704. The molecule has 0 aromatic heterocycles. The average Bonchev–Trinajstić information content (AvgIpc) is 2.66. The lowest BCUT2D eigenvalue weighted by Crippen LogP contribution is -2.24. The minimum atomic E-state index is -0.0304. The minimum absolute atomic E-state index is 0.0304. The van der Waals surface area contributed by atoms with Crippen molar-refractivity contribution in [2.45, 2.75) is 13.0 Å². The van der Waals surface area contributed by atoms with Gasteiger partial charge in [0.15, 0.2) is 11.5 Å². The second kappa shape index (κ2) is 9.42. The largest absolute Gasteiger partial charge is 0.495 e. The SMILES string of the molecule is COc1ccccc1NCCC(=O)NCc1ccc(OC)c(OC)c1. The fraction of sp³-hybridized carbons (Fsp3) is 0.316. The molecule has 0 aliphatic carbocycles. The van der Waals surface area contributed by atoms with Crippen LogP contribution in [0.15, 0.2) is 42.5 Å². The summed E-state index contributed by atoms with van der Waals surface area (Å²) in [6, 6.07) is 13.2. The molecule has 2 N–H and O–H groups in total. The molecule has 0 saturated carbocycles. The van der Waals surface area contributed by atoms with Gasteiger partial charge in [0, 0.05) is 19.5 Å². The Hall–Kier alpha value is -2.89. The first kappa shape index (κ1) is 18.4. The number of anilines is 1. The highest BCUT2D eigenvalue weighted by molar-refractivity contribution is 5.76. The number of nitrogens with one attached hydrogen (secondary N) is 2. The Labute approximate surface area is 148 Å². The first-order valence-electron chi connectivity index (χ1n) is 8.02. The number of amides is 1. The third-order valence-electron chi connectivity index (χ3n) is 3.71. The lowest BCUT2D eigenvalue weighted by Gasteiger charge is -2.12. The topological polar surface area (TPSA) is 68.8 Å². The zero-order valence-electron chi connectivity index (χ0n) is 14.8. The van der Waals surface area contributed by atoms with Crippen molar-refractivity contribution in [3.63, 3.8) is 0 Å². The van der Waals surface area contributed by atoms with Crippen LogP contribution in [0.5, 0.6) is 17.2 Å². The van der Waals surface area contributed by atoms with Crippen LogP contribution in [0.25, 0.3) is 0 Å². The van der Waals surface area contributed by atoms with E-state index in [1.54, 1.807) is 21.3 Å². The summed E-state index contributed by atoms with van der Waals surface area (Å²) >= 11 is 0. The Kier molecular flexibility index (Phi) is 6.95. The van der Waals surface area contributed by atoms with Crippen LogP contribution in [0, 0.1) is 0 Å². The zero-order valence-corrected chi connectivity index (χ0v) is 14.8. The van der Waals surface area contributed by atoms with Crippen LogP contribution in [-0.2, 0) is 11.3 Å². The van der Waals surface area contributed by atoms with Crippen LogP contribution >= 0.6 is 0 Å². The summed E-state index contributed by atoms with van der Waals surface area (Å²) in [5.41, 5.74) is 1.82. The van der Waals surface area contributed by atoms with Gasteiger partial charge in [-0.15, -0.1) is 0 Å². The van der Waals surface area contributed by atoms with Gasteiger partial charge in [0.05, 0.1) is 27.0 Å². The number of para-hydroxylation sites is 2. The van der Waals surface area contributed by atoms with E-state index in [0.717, 1.165) is 17.0 Å². The molecule has 2 aromatic carbocycles. The van der Waals surface area contributed by atoms with Crippen LogP contribution in [0.2, 0.25) is 0 Å². The van der Waals surface area contributed by atoms with Gasteiger partial charge in [0.1, 0.15) is 5.75 Å². The molecule has 2 aromatic rings. The predicted molar refractivity (Wildman–Crippen MR) is 97.5 cm³/mol. The van der Waals surface area contributed by atoms with Crippen LogP contribution in [-0.4, -0.2) is 33.8 Å².